The molecule has 3 aromatic rings. The standard InChI is InChI=1S/C27H28O7/c28-23-22(18-31-16-19-10-4-1-5-11-19)33-27(30)25(32-17-20-12-6-2-7-13-20)24(23)34-26(29)21-14-8-3-9-15-21/h1-15,22-25,27-28,30H,16-18H2/t22-,23+,24+,25-,27-/m1/s1. The van der Waals surface area contributed by atoms with Gasteiger partial charge in [0, 0.05) is 0 Å². The zero-order valence-electron chi connectivity index (χ0n) is 18.6. The molecule has 1 fully saturated rings. The van der Waals surface area contributed by atoms with Crippen LogP contribution in [-0.4, -0.2) is 53.5 Å². The predicted octanol–water partition coefficient (Wildman–Crippen LogP) is 3.09. The minimum absolute atomic E-state index is 0.00207. The maximum atomic E-state index is 12.7. The van der Waals surface area contributed by atoms with Crippen LogP contribution in [0.3, 0.4) is 0 Å². The van der Waals surface area contributed by atoms with E-state index in [0.29, 0.717) is 12.2 Å². The van der Waals surface area contributed by atoms with E-state index in [2.05, 4.69) is 0 Å². The molecule has 0 amide bonds. The molecule has 4 rings (SSSR count). The monoisotopic (exact) mass is 464 g/mol. The number of benzene rings is 3. The number of rotatable bonds is 9. The van der Waals surface area contributed by atoms with Gasteiger partial charge < -0.3 is 29.2 Å². The molecule has 1 aliphatic heterocycles. The van der Waals surface area contributed by atoms with Crippen molar-refractivity contribution in [2.24, 2.45) is 0 Å². The van der Waals surface area contributed by atoms with E-state index in [0.717, 1.165) is 11.1 Å². The molecule has 0 aromatic heterocycles. The molecule has 2 N–H and O–H groups in total. The molecule has 34 heavy (non-hydrogen) atoms. The zero-order chi connectivity index (χ0) is 23.8. The molecule has 3 aromatic carbocycles. The van der Waals surface area contributed by atoms with E-state index in [1.165, 1.54) is 0 Å². The Morgan fingerprint density at radius 1 is 0.765 bits per heavy atom. The van der Waals surface area contributed by atoms with Gasteiger partial charge in [-0.2, -0.15) is 0 Å². The van der Waals surface area contributed by atoms with Crippen LogP contribution in [0.1, 0.15) is 21.5 Å². The van der Waals surface area contributed by atoms with E-state index >= 15 is 0 Å². The average Bonchev–Trinajstić information content (AvgIpc) is 2.88. The van der Waals surface area contributed by atoms with Gasteiger partial charge in [-0.3, -0.25) is 0 Å². The minimum atomic E-state index is -1.42. The van der Waals surface area contributed by atoms with Crippen LogP contribution in [0.5, 0.6) is 0 Å². The van der Waals surface area contributed by atoms with Crippen molar-refractivity contribution in [2.45, 2.75) is 43.9 Å². The van der Waals surface area contributed by atoms with Crippen molar-refractivity contribution in [3.05, 3.63) is 108 Å². The summed E-state index contributed by atoms with van der Waals surface area (Å²) in [5.41, 5.74) is 2.16. The van der Waals surface area contributed by atoms with Crippen molar-refractivity contribution in [2.75, 3.05) is 6.61 Å². The molecule has 0 spiro atoms. The average molecular weight is 465 g/mol. The smallest absolute Gasteiger partial charge is 0.338 e. The molecule has 7 nitrogen and oxygen atoms in total. The van der Waals surface area contributed by atoms with E-state index in [1.807, 2.05) is 60.7 Å². The Balaban J connectivity index is 1.45. The molecule has 0 radical (unpaired) electrons. The highest BCUT2D eigenvalue weighted by Gasteiger charge is 2.48. The highest BCUT2D eigenvalue weighted by atomic mass is 16.7. The third kappa shape index (κ3) is 6.28. The molecule has 1 heterocycles. The Morgan fingerprint density at radius 2 is 1.32 bits per heavy atom. The third-order valence-corrected chi connectivity index (χ3v) is 5.57. The lowest BCUT2D eigenvalue weighted by Gasteiger charge is -2.42. The van der Waals surface area contributed by atoms with Crippen LogP contribution in [0.4, 0.5) is 0 Å². The molecule has 178 valence electrons. The summed E-state index contributed by atoms with van der Waals surface area (Å²) in [5.74, 6) is -0.629. The first-order valence-electron chi connectivity index (χ1n) is 11.2. The number of hydrogen-bond acceptors (Lipinski definition) is 7. The molecule has 1 saturated heterocycles. The lowest BCUT2D eigenvalue weighted by Crippen LogP contribution is -2.60. The highest BCUT2D eigenvalue weighted by Crippen LogP contribution is 2.27. The Morgan fingerprint density at radius 3 is 1.94 bits per heavy atom. The van der Waals surface area contributed by atoms with E-state index in [4.69, 9.17) is 18.9 Å². The van der Waals surface area contributed by atoms with Gasteiger partial charge >= 0.3 is 5.97 Å². The summed E-state index contributed by atoms with van der Waals surface area (Å²) in [7, 11) is 0. The number of aliphatic hydroxyl groups is 2. The van der Waals surface area contributed by atoms with Crippen LogP contribution < -0.4 is 0 Å². The first-order chi connectivity index (χ1) is 16.6. The summed E-state index contributed by atoms with van der Waals surface area (Å²) in [6.45, 7) is 0.455. The van der Waals surface area contributed by atoms with Crippen LogP contribution in [0.15, 0.2) is 91.0 Å². The zero-order valence-corrected chi connectivity index (χ0v) is 18.6. The molecule has 1 aliphatic rings. The molecule has 7 heteroatoms. The van der Waals surface area contributed by atoms with Gasteiger partial charge in [-0.15, -0.1) is 0 Å². The van der Waals surface area contributed by atoms with Gasteiger partial charge in [-0.1, -0.05) is 78.9 Å². The van der Waals surface area contributed by atoms with Crippen LogP contribution in [0.2, 0.25) is 0 Å². The van der Waals surface area contributed by atoms with Crippen molar-refractivity contribution in [1.82, 2.24) is 0 Å². The van der Waals surface area contributed by atoms with Gasteiger partial charge in [-0.25, -0.2) is 4.79 Å². The Hall–Kier alpha value is -3.07. The van der Waals surface area contributed by atoms with Crippen LogP contribution in [0.25, 0.3) is 0 Å². The first kappa shape index (κ1) is 24.1. The molecule has 0 aliphatic carbocycles. The van der Waals surface area contributed by atoms with E-state index in [9.17, 15) is 15.0 Å². The maximum Gasteiger partial charge on any atom is 0.338 e. The summed E-state index contributed by atoms with van der Waals surface area (Å²) in [6.07, 6.45) is -5.86. The third-order valence-electron chi connectivity index (χ3n) is 5.57. The Labute approximate surface area is 198 Å². The minimum Gasteiger partial charge on any atom is -0.453 e. The van der Waals surface area contributed by atoms with E-state index in [-0.39, 0.29) is 13.2 Å². The van der Waals surface area contributed by atoms with Crippen molar-refractivity contribution in [1.29, 1.82) is 0 Å². The summed E-state index contributed by atoms with van der Waals surface area (Å²) < 4.78 is 22.8. The second kappa shape index (κ2) is 11.9. The summed E-state index contributed by atoms with van der Waals surface area (Å²) >= 11 is 0. The fraction of sp³-hybridized carbons (Fsp3) is 0.296. The molecular weight excluding hydrogens is 436 g/mol. The molecular formula is C27H28O7. The van der Waals surface area contributed by atoms with Gasteiger partial charge in [-0.05, 0) is 23.3 Å². The Bertz CT molecular complexity index is 1010. The lowest BCUT2D eigenvalue weighted by atomic mass is 9.98. The van der Waals surface area contributed by atoms with E-state index in [1.54, 1.807) is 30.3 Å². The normalized spacial score (nSPS) is 24.5. The van der Waals surface area contributed by atoms with Crippen LogP contribution in [0, 0.1) is 0 Å². The van der Waals surface area contributed by atoms with Crippen LogP contribution in [-0.2, 0) is 32.2 Å². The van der Waals surface area contributed by atoms with Crippen molar-refractivity contribution in [3.63, 3.8) is 0 Å². The molecule has 5 atom stereocenters. The van der Waals surface area contributed by atoms with Gasteiger partial charge in [0.2, 0.25) is 0 Å². The molecule has 0 bridgehead atoms. The van der Waals surface area contributed by atoms with Gasteiger partial charge in [0.25, 0.3) is 0 Å². The Kier molecular flexibility index (Phi) is 8.41. The highest BCUT2D eigenvalue weighted by molar-refractivity contribution is 5.89. The second-order valence-corrected chi connectivity index (χ2v) is 8.05. The number of ether oxygens (including phenoxy) is 4. The van der Waals surface area contributed by atoms with Gasteiger partial charge in [0.05, 0.1) is 25.4 Å². The van der Waals surface area contributed by atoms with E-state index < -0.39 is 36.7 Å². The maximum absolute atomic E-state index is 12.7. The fourth-order valence-corrected chi connectivity index (χ4v) is 3.76. The molecule has 0 unspecified atom stereocenters. The summed E-state index contributed by atoms with van der Waals surface area (Å²) in [4.78, 5) is 12.7. The van der Waals surface area contributed by atoms with Gasteiger partial charge in [0.1, 0.15) is 18.3 Å². The number of hydrogen-bond donors (Lipinski definition) is 2. The number of esters is 1. The quantitative estimate of drug-likeness (QED) is 0.470. The van der Waals surface area contributed by atoms with Gasteiger partial charge in [0.15, 0.2) is 12.4 Å². The number of aliphatic hydroxyl groups excluding tert-OH is 2. The number of carbonyl (C=O) groups excluding carboxylic acids is 1. The van der Waals surface area contributed by atoms with Crippen molar-refractivity contribution >= 4 is 5.97 Å². The first-order valence-corrected chi connectivity index (χ1v) is 11.2. The van der Waals surface area contributed by atoms with Crippen LogP contribution >= 0.6 is 0 Å². The summed E-state index contributed by atoms with van der Waals surface area (Å²) in [6, 6.07) is 27.4. The topological polar surface area (TPSA) is 94.5 Å². The largest absolute Gasteiger partial charge is 0.453 e. The van der Waals surface area contributed by atoms with Crippen molar-refractivity contribution < 1.29 is 34.0 Å². The molecule has 0 saturated carbocycles. The number of carbonyl (C=O) groups is 1. The second-order valence-electron chi connectivity index (χ2n) is 8.05. The lowest BCUT2D eigenvalue weighted by molar-refractivity contribution is -0.299. The predicted molar refractivity (Wildman–Crippen MR) is 124 cm³/mol. The summed E-state index contributed by atoms with van der Waals surface area (Å²) in [5, 5.41) is 21.7. The fourth-order valence-electron chi connectivity index (χ4n) is 3.76. The van der Waals surface area contributed by atoms with Crippen molar-refractivity contribution in [3.8, 4) is 0 Å². The SMILES string of the molecule is O=C(O[C@H]1[C@@H](O)[C@@H](COCc2ccccc2)O[C@@H](O)[C@@H]1OCc1ccccc1)c1ccccc1.